The molecule has 0 aromatic carbocycles. The van der Waals surface area contributed by atoms with E-state index in [9.17, 15) is 4.39 Å². The lowest BCUT2D eigenvalue weighted by molar-refractivity contribution is 0.394. The van der Waals surface area contributed by atoms with Crippen molar-refractivity contribution < 1.29 is 4.39 Å². The van der Waals surface area contributed by atoms with Gasteiger partial charge in [0.1, 0.15) is 5.82 Å². The Hall–Kier alpha value is -1.00. The second-order valence-electron chi connectivity index (χ2n) is 3.80. The molecule has 0 unspecified atom stereocenters. The summed E-state index contributed by atoms with van der Waals surface area (Å²) >= 11 is 0. The number of nitrogens with zero attached hydrogens (tertiary/aromatic N) is 2. The molecule has 0 saturated carbocycles. The predicted octanol–water partition coefficient (Wildman–Crippen LogP) is 1.26. The zero-order valence-electron chi connectivity index (χ0n) is 9.33. The molecule has 0 bridgehead atoms. The Bertz CT molecular complexity index is 272. The molecule has 0 atom stereocenters. The lowest BCUT2D eigenvalue weighted by Gasteiger charge is -2.09. The summed E-state index contributed by atoms with van der Waals surface area (Å²) in [5.74, 6) is -0.286. The largest absolute Gasteiger partial charge is 0.311 e. The minimum absolute atomic E-state index is 0.286. The molecule has 0 amide bonds. The van der Waals surface area contributed by atoms with Crippen molar-refractivity contribution in [1.82, 2.24) is 15.2 Å². The minimum atomic E-state index is -0.286. The van der Waals surface area contributed by atoms with Crippen molar-refractivity contribution >= 4 is 0 Å². The summed E-state index contributed by atoms with van der Waals surface area (Å²) < 4.78 is 12.5. The Kier molecular flexibility index (Phi) is 5.21. The summed E-state index contributed by atoms with van der Waals surface area (Å²) in [5, 5.41) is 3.26. The molecule has 1 heterocycles. The topological polar surface area (TPSA) is 28.2 Å². The average molecular weight is 211 g/mol. The van der Waals surface area contributed by atoms with Crippen molar-refractivity contribution in [2.75, 3.05) is 27.2 Å². The number of rotatable bonds is 6. The van der Waals surface area contributed by atoms with Crippen molar-refractivity contribution in [3.63, 3.8) is 0 Å². The van der Waals surface area contributed by atoms with Crippen LogP contribution in [0, 0.1) is 5.82 Å². The quantitative estimate of drug-likeness (QED) is 0.718. The molecule has 0 aliphatic rings. The van der Waals surface area contributed by atoms with E-state index in [-0.39, 0.29) is 5.82 Å². The van der Waals surface area contributed by atoms with Gasteiger partial charge >= 0.3 is 0 Å². The van der Waals surface area contributed by atoms with Crippen LogP contribution in [0.15, 0.2) is 18.3 Å². The van der Waals surface area contributed by atoms with E-state index in [1.807, 2.05) is 0 Å². The fraction of sp³-hybridized carbons (Fsp3) is 0.545. The second-order valence-corrected chi connectivity index (χ2v) is 3.80. The summed E-state index contributed by atoms with van der Waals surface area (Å²) in [4.78, 5) is 6.11. The van der Waals surface area contributed by atoms with Crippen LogP contribution in [-0.2, 0) is 6.54 Å². The second kappa shape index (κ2) is 6.48. The van der Waals surface area contributed by atoms with E-state index < -0.39 is 0 Å². The highest BCUT2D eigenvalue weighted by Gasteiger charge is 1.95. The molecular weight excluding hydrogens is 193 g/mol. The SMILES string of the molecule is CN(C)CCCNCc1ccc(F)cn1. The maximum absolute atomic E-state index is 12.5. The smallest absolute Gasteiger partial charge is 0.141 e. The molecule has 1 aromatic heterocycles. The lowest BCUT2D eigenvalue weighted by atomic mass is 10.3. The minimum Gasteiger partial charge on any atom is -0.311 e. The molecule has 0 spiro atoms. The first-order chi connectivity index (χ1) is 7.18. The first-order valence-corrected chi connectivity index (χ1v) is 5.14. The molecule has 15 heavy (non-hydrogen) atoms. The zero-order chi connectivity index (χ0) is 11.1. The van der Waals surface area contributed by atoms with Crippen LogP contribution in [0.2, 0.25) is 0 Å². The molecule has 1 aromatic rings. The summed E-state index contributed by atoms with van der Waals surface area (Å²) in [6.07, 6.45) is 2.35. The lowest BCUT2D eigenvalue weighted by Crippen LogP contribution is -2.21. The molecule has 4 heteroatoms. The highest BCUT2D eigenvalue weighted by atomic mass is 19.1. The van der Waals surface area contributed by atoms with Crippen molar-refractivity contribution in [2.45, 2.75) is 13.0 Å². The van der Waals surface area contributed by atoms with E-state index in [2.05, 4.69) is 29.3 Å². The molecule has 3 nitrogen and oxygen atoms in total. The fourth-order valence-electron chi connectivity index (χ4n) is 1.25. The van der Waals surface area contributed by atoms with Crippen LogP contribution in [-0.4, -0.2) is 37.1 Å². The highest BCUT2D eigenvalue weighted by Crippen LogP contribution is 1.97. The Balaban J connectivity index is 2.12. The highest BCUT2D eigenvalue weighted by molar-refractivity contribution is 5.04. The van der Waals surface area contributed by atoms with Gasteiger partial charge in [0.2, 0.25) is 0 Å². The van der Waals surface area contributed by atoms with Gasteiger partial charge in [-0.1, -0.05) is 0 Å². The van der Waals surface area contributed by atoms with Crippen molar-refractivity contribution in [2.24, 2.45) is 0 Å². The van der Waals surface area contributed by atoms with E-state index >= 15 is 0 Å². The monoisotopic (exact) mass is 211 g/mol. The molecule has 0 radical (unpaired) electrons. The standard InChI is InChI=1S/C11H18FN3/c1-15(2)7-3-6-13-9-11-5-4-10(12)8-14-11/h4-5,8,13H,3,6-7,9H2,1-2H3. The van der Waals surface area contributed by atoms with Gasteiger partial charge in [-0.15, -0.1) is 0 Å². The van der Waals surface area contributed by atoms with Crippen LogP contribution in [0.25, 0.3) is 0 Å². The summed E-state index contributed by atoms with van der Waals surface area (Å²) in [6, 6.07) is 3.14. The third-order valence-corrected chi connectivity index (χ3v) is 2.05. The van der Waals surface area contributed by atoms with Crippen LogP contribution >= 0.6 is 0 Å². The Labute approximate surface area is 90.3 Å². The van der Waals surface area contributed by atoms with Gasteiger partial charge in [-0.25, -0.2) is 4.39 Å². The summed E-state index contributed by atoms with van der Waals surface area (Å²) in [6.45, 7) is 2.73. The molecule has 0 fully saturated rings. The normalized spacial score (nSPS) is 10.9. The van der Waals surface area contributed by atoms with Crippen molar-refractivity contribution in [1.29, 1.82) is 0 Å². The van der Waals surface area contributed by atoms with Gasteiger partial charge in [-0.05, 0) is 45.7 Å². The molecule has 0 aliphatic carbocycles. The first-order valence-electron chi connectivity index (χ1n) is 5.14. The number of hydrogen-bond acceptors (Lipinski definition) is 3. The fourth-order valence-corrected chi connectivity index (χ4v) is 1.25. The van der Waals surface area contributed by atoms with Gasteiger partial charge < -0.3 is 10.2 Å². The first kappa shape index (κ1) is 12.1. The van der Waals surface area contributed by atoms with E-state index in [0.29, 0.717) is 6.54 Å². The van der Waals surface area contributed by atoms with Gasteiger partial charge in [0.05, 0.1) is 11.9 Å². The summed E-state index contributed by atoms with van der Waals surface area (Å²) in [5.41, 5.74) is 0.876. The van der Waals surface area contributed by atoms with Gasteiger partial charge in [-0.3, -0.25) is 4.98 Å². The van der Waals surface area contributed by atoms with Crippen molar-refractivity contribution in [3.05, 3.63) is 29.8 Å². The van der Waals surface area contributed by atoms with Gasteiger partial charge in [-0.2, -0.15) is 0 Å². The maximum atomic E-state index is 12.5. The van der Waals surface area contributed by atoms with E-state index in [1.165, 1.54) is 12.3 Å². The zero-order valence-corrected chi connectivity index (χ0v) is 9.33. The molecule has 1 N–H and O–H groups in total. The predicted molar refractivity (Wildman–Crippen MR) is 59.1 cm³/mol. The van der Waals surface area contributed by atoms with Crippen LogP contribution in [0.3, 0.4) is 0 Å². The number of pyridine rings is 1. The summed E-state index contributed by atoms with van der Waals surface area (Å²) in [7, 11) is 4.11. The number of hydrogen-bond donors (Lipinski definition) is 1. The van der Waals surface area contributed by atoms with Crippen LogP contribution in [0.1, 0.15) is 12.1 Å². The molecule has 84 valence electrons. The molecular formula is C11H18FN3. The third-order valence-electron chi connectivity index (χ3n) is 2.05. The van der Waals surface area contributed by atoms with E-state index in [0.717, 1.165) is 25.2 Å². The van der Waals surface area contributed by atoms with Crippen molar-refractivity contribution in [3.8, 4) is 0 Å². The van der Waals surface area contributed by atoms with Gasteiger partial charge in [0, 0.05) is 6.54 Å². The van der Waals surface area contributed by atoms with Crippen LogP contribution < -0.4 is 5.32 Å². The molecule has 1 rings (SSSR count). The van der Waals surface area contributed by atoms with Crippen LogP contribution in [0.5, 0.6) is 0 Å². The third kappa shape index (κ3) is 5.44. The average Bonchev–Trinajstić information content (AvgIpc) is 2.20. The number of aromatic nitrogens is 1. The maximum Gasteiger partial charge on any atom is 0.141 e. The van der Waals surface area contributed by atoms with E-state index in [4.69, 9.17) is 0 Å². The van der Waals surface area contributed by atoms with Gasteiger partial charge in [0.15, 0.2) is 0 Å². The molecule has 0 aliphatic heterocycles. The Morgan fingerprint density at radius 2 is 2.20 bits per heavy atom. The Morgan fingerprint density at radius 3 is 2.80 bits per heavy atom. The van der Waals surface area contributed by atoms with E-state index in [1.54, 1.807) is 6.07 Å². The Morgan fingerprint density at radius 1 is 1.40 bits per heavy atom. The molecule has 0 saturated heterocycles. The van der Waals surface area contributed by atoms with Gasteiger partial charge in [0.25, 0.3) is 0 Å². The number of nitrogens with one attached hydrogen (secondary N) is 1. The number of halogens is 1. The van der Waals surface area contributed by atoms with Crippen LogP contribution in [0.4, 0.5) is 4.39 Å².